The van der Waals surface area contributed by atoms with Gasteiger partial charge in [-0.1, -0.05) is 127 Å². The van der Waals surface area contributed by atoms with Crippen LogP contribution in [0, 0.1) is 0 Å². The highest BCUT2D eigenvalue weighted by Crippen LogP contribution is 2.43. The van der Waals surface area contributed by atoms with Gasteiger partial charge in [0.1, 0.15) is 0 Å². The molecule has 0 atom stereocenters. The highest BCUT2D eigenvalue weighted by Gasteiger charge is 2.17. The molecule has 2 heterocycles. The Morgan fingerprint density at radius 3 is 1.35 bits per heavy atom. The van der Waals surface area contributed by atoms with Crippen molar-refractivity contribution in [2.45, 2.75) is 0 Å². The molecule has 11 aromatic rings. The van der Waals surface area contributed by atoms with Crippen LogP contribution >= 0.6 is 22.7 Å². The molecule has 0 saturated heterocycles. The van der Waals surface area contributed by atoms with Crippen molar-refractivity contribution >= 4 is 90.9 Å². The molecule has 0 bridgehead atoms. The fourth-order valence-corrected chi connectivity index (χ4v) is 10.4. The number of fused-ring (bicyclic) bond motifs is 7. The second-order valence-corrected chi connectivity index (χ2v) is 16.3. The summed E-state index contributed by atoms with van der Waals surface area (Å²) in [5.74, 6) is 0. The van der Waals surface area contributed by atoms with Crippen molar-refractivity contribution in [3.63, 3.8) is 0 Å². The highest BCUT2D eigenvalue weighted by molar-refractivity contribution is 7.26. The van der Waals surface area contributed by atoms with Crippen molar-refractivity contribution in [1.29, 1.82) is 0 Å². The predicted molar refractivity (Wildman–Crippen MR) is 241 cm³/mol. The Kier molecular flexibility index (Phi) is 7.61. The van der Waals surface area contributed by atoms with E-state index in [0.29, 0.717) is 0 Å². The van der Waals surface area contributed by atoms with Gasteiger partial charge in [0.15, 0.2) is 0 Å². The molecule has 2 aromatic heterocycles. The molecule has 0 saturated carbocycles. The van der Waals surface area contributed by atoms with E-state index >= 15 is 0 Å². The minimum atomic E-state index is 1.12. The number of para-hydroxylation sites is 1. The van der Waals surface area contributed by atoms with E-state index in [1.807, 2.05) is 22.7 Å². The Labute approximate surface area is 327 Å². The molecular weight excluding hydrogens is 703 g/mol. The minimum Gasteiger partial charge on any atom is -0.310 e. The van der Waals surface area contributed by atoms with Crippen LogP contribution in [0.1, 0.15) is 0 Å². The zero-order valence-corrected chi connectivity index (χ0v) is 31.4. The van der Waals surface area contributed by atoms with Crippen LogP contribution in [0.15, 0.2) is 200 Å². The van der Waals surface area contributed by atoms with E-state index in [4.69, 9.17) is 0 Å². The number of nitrogens with zero attached hydrogens (tertiary/aromatic N) is 1. The second-order valence-electron chi connectivity index (χ2n) is 14.1. The lowest BCUT2D eigenvalue weighted by Gasteiger charge is -2.27. The number of anilines is 3. The lowest BCUT2D eigenvalue weighted by Crippen LogP contribution is -2.10. The number of thiophene rings is 2. The van der Waals surface area contributed by atoms with Crippen LogP contribution in [0.5, 0.6) is 0 Å². The first-order chi connectivity index (χ1) is 27.2. The first-order valence-electron chi connectivity index (χ1n) is 18.7. The van der Waals surface area contributed by atoms with Gasteiger partial charge in [0.25, 0.3) is 0 Å². The molecule has 0 aliphatic rings. The van der Waals surface area contributed by atoms with Crippen LogP contribution in [0.4, 0.5) is 17.1 Å². The SMILES string of the molecule is c1ccc(N(c2ccc(-c3cc(-c4ccc5c(c4)sc4ccccc45)cc(-c4ccc5c(c4)sc4ccccc45)c3)cc2)c2cccc3ccccc23)cc1. The molecule has 0 amide bonds. The third kappa shape index (κ3) is 5.60. The average molecular weight is 736 g/mol. The zero-order chi connectivity index (χ0) is 36.3. The van der Waals surface area contributed by atoms with Crippen LogP contribution in [0.3, 0.4) is 0 Å². The third-order valence-electron chi connectivity index (χ3n) is 10.8. The Morgan fingerprint density at radius 1 is 0.273 bits per heavy atom. The van der Waals surface area contributed by atoms with Gasteiger partial charge in [0, 0.05) is 57.1 Å². The van der Waals surface area contributed by atoms with E-state index < -0.39 is 0 Å². The molecule has 0 unspecified atom stereocenters. The van der Waals surface area contributed by atoms with Gasteiger partial charge in [0.2, 0.25) is 0 Å². The summed E-state index contributed by atoms with van der Waals surface area (Å²) in [4.78, 5) is 2.37. The van der Waals surface area contributed by atoms with Crippen LogP contribution in [-0.2, 0) is 0 Å². The van der Waals surface area contributed by atoms with Gasteiger partial charge in [-0.05, 0) is 112 Å². The molecule has 55 heavy (non-hydrogen) atoms. The lowest BCUT2D eigenvalue weighted by atomic mass is 9.92. The van der Waals surface area contributed by atoms with Crippen LogP contribution in [-0.4, -0.2) is 0 Å². The van der Waals surface area contributed by atoms with Gasteiger partial charge >= 0.3 is 0 Å². The molecule has 0 radical (unpaired) electrons. The molecule has 0 N–H and O–H groups in total. The summed E-state index contributed by atoms with van der Waals surface area (Å²) in [6.07, 6.45) is 0. The summed E-state index contributed by atoms with van der Waals surface area (Å²) in [5, 5.41) is 7.74. The van der Waals surface area contributed by atoms with Crippen molar-refractivity contribution < 1.29 is 0 Å². The van der Waals surface area contributed by atoms with E-state index in [9.17, 15) is 0 Å². The van der Waals surface area contributed by atoms with Crippen molar-refractivity contribution in [2.75, 3.05) is 4.90 Å². The van der Waals surface area contributed by atoms with Crippen molar-refractivity contribution in [2.24, 2.45) is 0 Å². The summed E-state index contributed by atoms with van der Waals surface area (Å²) in [6.45, 7) is 0. The maximum absolute atomic E-state index is 2.38. The molecule has 1 nitrogen and oxygen atoms in total. The van der Waals surface area contributed by atoms with E-state index in [0.717, 1.165) is 17.1 Å². The summed E-state index contributed by atoms with van der Waals surface area (Å²) in [7, 11) is 0. The van der Waals surface area contributed by atoms with E-state index in [-0.39, 0.29) is 0 Å². The summed E-state index contributed by atoms with van der Waals surface area (Å²) in [5.41, 5.74) is 10.7. The first kappa shape index (κ1) is 32.0. The Balaban J connectivity index is 1.06. The molecule has 9 aromatic carbocycles. The van der Waals surface area contributed by atoms with E-state index in [1.54, 1.807) is 0 Å². The maximum Gasteiger partial charge on any atom is 0.0540 e. The van der Waals surface area contributed by atoms with Gasteiger partial charge in [-0.3, -0.25) is 0 Å². The predicted octanol–water partition coefficient (Wildman–Crippen LogP) is 16.0. The zero-order valence-electron chi connectivity index (χ0n) is 29.8. The third-order valence-corrected chi connectivity index (χ3v) is 13.1. The summed E-state index contributed by atoms with van der Waals surface area (Å²) < 4.78 is 5.29. The van der Waals surface area contributed by atoms with E-state index in [1.165, 1.54) is 84.5 Å². The quantitative estimate of drug-likeness (QED) is 0.164. The molecule has 0 spiro atoms. The molecule has 0 aliphatic carbocycles. The van der Waals surface area contributed by atoms with Gasteiger partial charge < -0.3 is 4.90 Å². The number of hydrogen-bond acceptors (Lipinski definition) is 3. The van der Waals surface area contributed by atoms with Crippen molar-refractivity contribution in [3.05, 3.63) is 200 Å². The molecule has 258 valence electrons. The highest BCUT2D eigenvalue weighted by atomic mass is 32.1. The van der Waals surface area contributed by atoms with Gasteiger partial charge in [-0.15, -0.1) is 22.7 Å². The van der Waals surface area contributed by atoms with Crippen LogP contribution < -0.4 is 4.90 Å². The van der Waals surface area contributed by atoms with Crippen LogP contribution in [0.25, 0.3) is 84.5 Å². The average Bonchev–Trinajstić information content (AvgIpc) is 3.82. The Bertz CT molecular complexity index is 3070. The normalized spacial score (nSPS) is 11.6. The standard InChI is InChI=1S/C52H33NS2/c1-2-13-41(14-3-1)53(48-18-10-12-35-11-4-5-15-43(35)48)42-25-21-34(22-26-42)38-29-39(36-23-27-46-44-16-6-8-19-49(44)54-51(46)32-36)31-40(30-38)37-24-28-47-45-17-7-9-20-50(45)55-52(47)33-37/h1-33H. The molecule has 11 rings (SSSR count). The largest absolute Gasteiger partial charge is 0.310 e. The van der Waals surface area contributed by atoms with Gasteiger partial charge in [-0.2, -0.15) is 0 Å². The fraction of sp³-hybridized carbons (Fsp3) is 0. The van der Waals surface area contributed by atoms with Crippen molar-refractivity contribution in [3.8, 4) is 33.4 Å². The van der Waals surface area contributed by atoms with Gasteiger partial charge in [-0.25, -0.2) is 0 Å². The summed E-state index contributed by atoms with van der Waals surface area (Å²) >= 11 is 3.75. The van der Waals surface area contributed by atoms with Crippen LogP contribution in [0.2, 0.25) is 0 Å². The maximum atomic E-state index is 2.38. The second kappa shape index (κ2) is 13.1. The monoisotopic (exact) mass is 735 g/mol. The number of benzene rings is 9. The lowest BCUT2D eigenvalue weighted by molar-refractivity contribution is 1.30. The Morgan fingerprint density at radius 2 is 0.727 bits per heavy atom. The molecule has 3 heteroatoms. The smallest absolute Gasteiger partial charge is 0.0540 e. The molecular formula is C52H33NS2. The minimum absolute atomic E-state index is 1.12. The Hall–Kier alpha value is -6.52. The van der Waals surface area contributed by atoms with Gasteiger partial charge in [0.05, 0.1) is 5.69 Å². The van der Waals surface area contributed by atoms with E-state index in [2.05, 4.69) is 205 Å². The topological polar surface area (TPSA) is 3.24 Å². The molecule has 0 fully saturated rings. The van der Waals surface area contributed by atoms with Crippen molar-refractivity contribution in [1.82, 2.24) is 0 Å². The fourth-order valence-electron chi connectivity index (χ4n) is 8.15. The summed E-state index contributed by atoms with van der Waals surface area (Å²) in [6, 6.07) is 73.5. The number of rotatable bonds is 6. The first-order valence-corrected chi connectivity index (χ1v) is 20.3. The molecule has 0 aliphatic heterocycles. The number of hydrogen-bond donors (Lipinski definition) is 0.